The van der Waals surface area contributed by atoms with Gasteiger partial charge >= 0.3 is 0 Å². The highest BCUT2D eigenvalue weighted by molar-refractivity contribution is 7.86. The molecule has 1 aliphatic rings. The van der Waals surface area contributed by atoms with E-state index in [-0.39, 0.29) is 24.6 Å². The van der Waals surface area contributed by atoms with Crippen LogP contribution in [0.1, 0.15) is 17.2 Å². The van der Waals surface area contributed by atoms with Gasteiger partial charge in [0, 0.05) is 24.9 Å². The van der Waals surface area contributed by atoms with Gasteiger partial charge in [-0.2, -0.15) is 12.7 Å². The maximum Gasteiger partial charge on any atom is 0.277 e. The third-order valence-corrected chi connectivity index (χ3v) is 5.03. The molecule has 0 radical (unpaired) electrons. The molecule has 3 rings (SSSR count). The van der Waals surface area contributed by atoms with E-state index in [9.17, 15) is 18.3 Å². The minimum absolute atomic E-state index is 0.0397. The number of hydrogen-bond acceptors (Lipinski definition) is 5. The minimum atomic E-state index is -3.95. The normalized spacial score (nSPS) is 20.8. The first-order valence-corrected chi connectivity index (χ1v) is 9.07. The van der Waals surface area contributed by atoms with Crippen molar-refractivity contribution in [1.82, 2.24) is 9.29 Å². The Morgan fingerprint density at radius 1 is 1.20 bits per heavy atom. The molecular formula is C17H17N3O4S. The van der Waals surface area contributed by atoms with Crippen LogP contribution in [0.4, 0.5) is 0 Å². The molecule has 1 aromatic carbocycles. The highest BCUT2D eigenvalue weighted by Gasteiger charge is 2.36. The number of nitrogens with two attached hydrogens (primary N) is 1. The number of rotatable bonds is 3. The fraction of sp³-hybridized carbons (Fsp3) is 0.176. The quantitative estimate of drug-likeness (QED) is 0.795. The predicted molar refractivity (Wildman–Crippen MR) is 92.7 cm³/mol. The number of phenols is 1. The van der Waals surface area contributed by atoms with Crippen molar-refractivity contribution < 1.29 is 18.3 Å². The van der Waals surface area contributed by atoms with Gasteiger partial charge in [0.15, 0.2) is 5.78 Å². The van der Waals surface area contributed by atoms with Gasteiger partial charge in [-0.1, -0.05) is 18.2 Å². The summed E-state index contributed by atoms with van der Waals surface area (Å²) in [6.07, 6.45) is 3.17. The van der Waals surface area contributed by atoms with E-state index < -0.39 is 16.1 Å². The molecule has 25 heavy (non-hydrogen) atoms. The first-order valence-electron chi connectivity index (χ1n) is 7.57. The molecule has 1 aliphatic heterocycles. The number of nitrogens with zero attached hydrogens (tertiary/aromatic N) is 2. The van der Waals surface area contributed by atoms with Crippen LogP contribution in [0.2, 0.25) is 0 Å². The third kappa shape index (κ3) is 3.93. The van der Waals surface area contributed by atoms with Gasteiger partial charge in [0.1, 0.15) is 5.75 Å². The highest BCUT2D eigenvalue weighted by atomic mass is 32.2. The van der Waals surface area contributed by atoms with Crippen LogP contribution in [0, 0.1) is 0 Å². The van der Waals surface area contributed by atoms with Gasteiger partial charge in [-0.3, -0.25) is 9.78 Å². The smallest absolute Gasteiger partial charge is 0.277 e. The van der Waals surface area contributed by atoms with E-state index in [1.165, 1.54) is 12.1 Å². The lowest BCUT2D eigenvalue weighted by molar-refractivity contribution is -0.118. The summed E-state index contributed by atoms with van der Waals surface area (Å²) in [5.41, 5.74) is 1.49. The van der Waals surface area contributed by atoms with Crippen LogP contribution in [-0.2, 0) is 15.0 Å². The summed E-state index contributed by atoms with van der Waals surface area (Å²) in [5, 5.41) is 14.7. The van der Waals surface area contributed by atoms with Gasteiger partial charge in [-0.05, 0) is 35.9 Å². The molecular weight excluding hydrogens is 342 g/mol. The fourth-order valence-electron chi connectivity index (χ4n) is 2.76. The molecule has 0 amide bonds. The van der Waals surface area contributed by atoms with Crippen LogP contribution in [0.25, 0.3) is 6.08 Å². The number of carbonyl (C=O) groups excluding carboxylic acids is 1. The van der Waals surface area contributed by atoms with Crippen LogP contribution in [-0.4, -0.2) is 41.7 Å². The Hall–Kier alpha value is -2.55. The van der Waals surface area contributed by atoms with Crippen molar-refractivity contribution in [2.45, 2.75) is 5.92 Å². The van der Waals surface area contributed by atoms with Crippen LogP contribution in [0.3, 0.4) is 0 Å². The Balaban J connectivity index is 2.02. The minimum Gasteiger partial charge on any atom is -0.508 e. The van der Waals surface area contributed by atoms with E-state index in [1.54, 1.807) is 42.6 Å². The molecule has 0 spiro atoms. The predicted octanol–water partition coefficient (Wildman–Crippen LogP) is 1.04. The average Bonchev–Trinajstić information content (AvgIpc) is 2.57. The summed E-state index contributed by atoms with van der Waals surface area (Å²) in [6, 6.07) is 11.4. The van der Waals surface area contributed by atoms with E-state index >= 15 is 0 Å². The largest absolute Gasteiger partial charge is 0.508 e. The van der Waals surface area contributed by atoms with Crippen molar-refractivity contribution in [2.24, 2.45) is 5.14 Å². The van der Waals surface area contributed by atoms with Crippen molar-refractivity contribution in [3.8, 4) is 5.75 Å². The number of aromatic nitrogens is 1. The van der Waals surface area contributed by atoms with E-state index in [4.69, 9.17) is 5.14 Å². The van der Waals surface area contributed by atoms with E-state index in [0.29, 0.717) is 16.8 Å². The van der Waals surface area contributed by atoms with Crippen molar-refractivity contribution in [3.63, 3.8) is 0 Å². The zero-order chi connectivity index (χ0) is 18.0. The summed E-state index contributed by atoms with van der Waals surface area (Å²) in [6.45, 7) is -0.134. The topological polar surface area (TPSA) is 114 Å². The monoisotopic (exact) mass is 359 g/mol. The average molecular weight is 359 g/mol. The number of benzene rings is 1. The number of carbonyl (C=O) groups is 1. The molecule has 8 heteroatoms. The van der Waals surface area contributed by atoms with Gasteiger partial charge in [-0.25, -0.2) is 5.14 Å². The second kappa shape index (κ2) is 6.75. The second-order valence-electron chi connectivity index (χ2n) is 5.77. The summed E-state index contributed by atoms with van der Waals surface area (Å²) in [7, 11) is -3.95. The molecule has 1 atom stereocenters. The standard InChI is InChI=1S/C17H17N3O4S/c18-25(23,24)20-10-13(9-14-3-1-2-8-19-14)17(22)16(11-20)12-4-6-15(21)7-5-12/h1-9,16,21H,10-11H2,(H2,18,23,24)/b13-9-. The number of phenolic OH excluding ortho intramolecular Hbond substituents is 1. The van der Waals surface area contributed by atoms with E-state index in [2.05, 4.69) is 4.98 Å². The first kappa shape index (κ1) is 17.3. The van der Waals surface area contributed by atoms with Gasteiger partial charge in [0.2, 0.25) is 0 Å². The maximum atomic E-state index is 12.9. The molecule has 0 bridgehead atoms. The zero-order valence-corrected chi connectivity index (χ0v) is 14.1. The molecule has 0 saturated carbocycles. The lowest BCUT2D eigenvalue weighted by Gasteiger charge is -2.31. The van der Waals surface area contributed by atoms with Crippen LogP contribution in [0.5, 0.6) is 5.75 Å². The second-order valence-corrected chi connectivity index (χ2v) is 7.32. The lowest BCUT2D eigenvalue weighted by Crippen LogP contribution is -2.47. The number of piperidine rings is 1. The summed E-state index contributed by atoms with van der Waals surface area (Å²) >= 11 is 0. The van der Waals surface area contributed by atoms with E-state index in [0.717, 1.165) is 4.31 Å². The summed E-state index contributed by atoms with van der Waals surface area (Å²) in [5.74, 6) is -0.807. The number of aromatic hydroxyl groups is 1. The van der Waals surface area contributed by atoms with Crippen LogP contribution in [0.15, 0.2) is 54.2 Å². The number of ketones is 1. The van der Waals surface area contributed by atoms with Crippen molar-refractivity contribution in [3.05, 3.63) is 65.5 Å². The molecule has 2 aromatic rings. The molecule has 1 fully saturated rings. The molecule has 1 aromatic heterocycles. The summed E-state index contributed by atoms with van der Waals surface area (Å²) in [4.78, 5) is 17.0. The van der Waals surface area contributed by atoms with Crippen LogP contribution < -0.4 is 5.14 Å². The fourth-order valence-corrected chi connectivity index (χ4v) is 3.43. The number of Topliss-reactive ketones (excluding diaryl/α,β-unsaturated/α-hetero) is 1. The molecule has 1 unspecified atom stereocenters. The molecule has 2 heterocycles. The Bertz CT molecular complexity index is 909. The van der Waals surface area contributed by atoms with Gasteiger partial charge in [-0.15, -0.1) is 0 Å². The maximum absolute atomic E-state index is 12.9. The van der Waals surface area contributed by atoms with Crippen molar-refractivity contribution in [2.75, 3.05) is 13.1 Å². The number of pyridine rings is 1. The lowest BCUT2D eigenvalue weighted by atomic mass is 9.87. The molecule has 130 valence electrons. The Morgan fingerprint density at radius 3 is 2.52 bits per heavy atom. The van der Waals surface area contributed by atoms with Gasteiger partial charge in [0.05, 0.1) is 11.6 Å². The van der Waals surface area contributed by atoms with Crippen molar-refractivity contribution in [1.29, 1.82) is 0 Å². The third-order valence-electron chi connectivity index (χ3n) is 4.03. The highest BCUT2D eigenvalue weighted by Crippen LogP contribution is 2.29. The molecule has 7 nitrogen and oxygen atoms in total. The Labute approximate surface area is 145 Å². The van der Waals surface area contributed by atoms with Gasteiger partial charge in [0.25, 0.3) is 10.2 Å². The molecule has 0 aliphatic carbocycles. The molecule has 1 saturated heterocycles. The Morgan fingerprint density at radius 2 is 1.92 bits per heavy atom. The van der Waals surface area contributed by atoms with E-state index in [1.807, 2.05) is 0 Å². The SMILES string of the molecule is NS(=O)(=O)N1C/C(=C/c2ccccn2)C(=O)C(c2ccc(O)cc2)C1. The summed E-state index contributed by atoms with van der Waals surface area (Å²) < 4.78 is 24.7. The van der Waals surface area contributed by atoms with Crippen molar-refractivity contribution >= 4 is 22.1 Å². The zero-order valence-electron chi connectivity index (χ0n) is 13.2. The van der Waals surface area contributed by atoms with Gasteiger partial charge < -0.3 is 5.11 Å². The first-order chi connectivity index (χ1) is 11.8. The molecule has 3 N–H and O–H groups in total. The van der Waals surface area contributed by atoms with Crippen LogP contribution >= 0.6 is 0 Å². The Kier molecular flexibility index (Phi) is 4.67. The number of hydrogen-bond donors (Lipinski definition) is 2.